The van der Waals surface area contributed by atoms with Crippen LogP contribution in [0.25, 0.3) is 269 Å². The summed E-state index contributed by atoms with van der Waals surface area (Å²) in [5.41, 5.74) is 30.7. The molecule has 9 aromatic heterocycles. The van der Waals surface area contributed by atoms with Crippen LogP contribution in [0.4, 0.5) is 0 Å². The second-order valence-corrected chi connectivity index (χ2v) is 41.7. The summed E-state index contributed by atoms with van der Waals surface area (Å²) in [5.74, 6) is 2.13. The number of fused-ring (bicyclic) bond motifs is 12. The number of aromatic nitrogens is 9. The van der Waals surface area contributed by atoms with Crippen LogP contribution in [0.3, 0.4) is 0 Å². The zero-order valence-corrected chi connectivity index (χ0v) is 82.0. The largest absolute Gasteiger partial charge is 0.236 e. The van der Waals surface area contributed by atoms with E-state index in [1.807, 2.05) is 113 Å². The monoisotopic (exact) mass is 1950 g/mol. The molecule has 676 valence electrons. The van der Waals surface area contributed by atoms with E-state index in [-0.39, 0.29) is 0 Å². The first kappa shape index (κ1) is 87.0. The van der Waals surface area contributed by atoms with Crippen LogP contribution in [0, 0.1) is 0 Å². The number of benzene rings is 19. The fourth-order valence-electron chi connectivity index (χ4n) is 19.2. The van der Waals surface area contributed by atoms with E-state index in [2.05, 4.69) is 400 Å². The molecule has 28 rings (SSSR count). The van der Waals surface area contributed by atoms with Gasteiger partial charge in [0.2, 0.25) is 0 Å². The quantitative estimate of drug-likeness (QED) is 0.0932. The molecule has 0 atom stereocenters. The van der Waals surface area contributed by atoms with Crippen LogP contribution >= 0.6 is 68.0 Å². The van der Waals surface area contributed by atoms with Gasteiger partial charge in [-0.25, -0.2) is 44.9 Å². The maximum atomic E-state index is 5.33. The van der Waals surface area contributed by atoms with Crippen LogP contribution in [0.2, 0.25) is 0 Å². The summed E-state index contributed by atoms with van der Waals surface area (Å²) in [6, 6.07) is 168. The molecule has 9 heterocycles. The van der Waals surface area contributed by atoms with Gasteiger partial charge >= 0.3 is 0 Å². The van der Waals surface area contributed by atoms with Crippen molar-refractivity contribution in [3.05, 3.63) is 479 Å². The molecule has 0 aliphatic carbocycles. The van der Waals surface area contributed by atoms with Gasteiger partial charge in [-0.1, -0.05) is 358 Å². The number of rotatable bonds is 16. The Morgan fingerprint density at radius 1 is 0.125 bits per heavy atom. The molecule has 0 aliphatic rings. The molecule has 19 aromatic carbocycles. The molecule has 144 heavy (non-hydrogen) atoms. The molecule has 0 N–H and O–H groups in total. The minimum absolute atomic E-state index is 0.698. The van der Waals surface area contributed by atoms with E-state index in [4.69, 9.17) is 44.9 Å². The van der Waals surface area contributed by atoms with Gasteiger partial charge in [0.25, 0.3) is 0 Å². The van der Waals surface area contributed by atoms with Crippen LogP contribution < -0.4 is 0 Å². The van der Waals surface area contributed by atoms with Crippen molar-refractivity contribution in [1.82, 2.24) is 44.9 Å². The zero-order chi connectivity index (χ0) is 95.3. The number of para-hydroxylation sites is 3. The van der Waals surface area contributed by atoms with E-state index >= 15 is 0 Å². The zero-order valence-electron chi connectivity index (χ0n) is 77.1. The smallest absolute Gasteiger partial charge is 0.160 e. The molecule has 0 aliphatic heterocycles. The van der Waals surface area contributed by atoms with Crippen molar-refractivity contribution in [3.63, 3.8) is 0 Å². The maximum absolute atomic E-state index is 5.33. The first-order chi connectivity index (χ1) is 71.3. The number of thiophene rings is 3. The van der Waals surface area contributed by atoms with Gasteiger partial charge in [-0.3, -0.25) is 0 Å². The third kappa shape index (κ3) is 17.3. The van der Waals surface area contributed by atoms with E-state index in [9.17, 15) is 0 Å². The average Bonchev–Trinajstić information content (AvgIpc) is 1.63. The van der Waals surface area contributed by atoms with Crippen LogP contribution in [0.15, 0.2) is 479 Å². The summed E-state index contributed by atoms with van der Waals surface area (Å²) in [6.45, 7) is 0. The fourth-order valence-corrected chi connectivity index (χ4v) is 25.4. The first-order valence-electron chi connectivity index (χ1n) is 47.6. The predicted octanol–water partition coefficient (Wildman–Crippen LogP) is 37.0. The van der Waals surface area contributed by atoms with Crippen molar-refractivity contribution in [1.29, 1.82) is 0 Å². The highest BCUT2D eigenvalue weighted by Crippen LogP contribution is 2.49. The van der Waals surface area contributed by atoms with Gasteiger partial charge < -0.3 is 0 Å². The Kier molecular flexibility index (Phi) is 23.0. The number of hydrogen-bond acceptors (Lipinski definition) is 15. The van der Waals surface area contributed by atoms with Gasteiger partial charge in [0.15, 0.2) is 17.5 Å². The molecular weight excluding hydrogens is 1870 g/mol. The van der Waals surface area contributed by atoms with Gasteiger partial charge in [0, 0.05) is 127 Å². The summed E-state index contributed by atoms with van der Waals surface area (Å²) < 4.78 is 11.1. The van der Waals surface area contributed by atoms with E-state index < -0.39 is 0 Å². The minimum Gasteiger partial charge on any atom is -0.236 e. The highest BCUT2D eigenvalue weighted by atomic mass is 32.1. The minimum atomic E-state index is 0.698. The van der Waals surface area contributed by atoms with E-state index in [0.717, 1.165) is 149 Å². The third-order valence-electron chi connectivity index (χ3n) is 26.2. The summed E-state index contributed by atoms with van der Waals surface area (Å²) in [6.07, 6.45) is 0. The fraction of sp³-hybridized carbons (Fsp3) is 0. The standard InChI is InChI=1S/C47H29N3S2.2C41H25N3S2/c1-3-11-30(12-4-1)32-21-23-33(24-22-32)40-29-41(49-46(48-40)35-16-9-15-34(27-35)31-13-5-2-6-14-31)37-17-10-20-44-45(37)38-28-36(25-26-42(38)51-44)47-50-39-18-7-8-19-43(39)52-47;1-3-11-26(12-4-1)28-15-9-16-29(23-28)34-25-35(43-40(42-34)27-13-5-2-6-14-27)31-17-10-20-38-39(31)32-24-30(21-22-36(32)45-38)41-44-33-18-7-8-19-37(33)46-41;1-3-10-26(11-4-1)27-18-20-28(21-19-27)34-25-35(43-40(42-34)29-12-5-2-6-13-29)31-14-9-17-38-39(31)32-24-30(22-23-36(32)45-38)41-44-33-15-7-8-16-37(33)46-41/h1-29H;2*1-25H. The van der Waals surface area contributed by atoms with Gasteiger partial charge in [-0.05, 0) is 166 Å². The number of thiazole rings is 3. The van der Waals surface area contributed by atoms with Crippen molar-refractivity contribution >= 4 is 159 Å². The topological polar surface area (TPSA) is 116 Å². The molecule has 9 nitrogen and oxygen atoms in total. The molecule has 0 radical (unpaired) electrons. The molecule has 0 bridgehead atoms. The third-order valence-corrected chi connectivity index (χ3v) is 32.9. The van der Waals surface area contributed by atoms with Crippen molar-refractivity contribution in [3.8, 4) is 178 Å². The van der Waals surface area contributed by atoms with E-state index in [1.165, 1.54) is 102 Å². The Morgan fingerprint density at radius 2 is 0.361 bits per heavy atom. The summed E-state index contributed by atoms with van der Waals surface area (Å²) in [5, 5.41) is 10.4. The van der Waals surface area contributed by atoms with Crippen LogP contribution in [0.1, 0.15) is 0 Å². The second kappa shape index (κ2) is 38.1. The Labute approximate surface area is 853 Å². The van der Waals surface area contributed by atoms with E-state index in [0.29, 0.717) is 17.5 Å². The lowest BCUT2D eigenvalue weighted by atomic mass is 9.99. The molecule has 15 heteroatoms. The molecule has 0 saturated carbocycles. The number of hydrogen-bond donors (Lipinski definition) is 0. The van der Waals surface area contributed by atoms with Crippen LogP contribution in [-0.4, -0.2) is 44.9 Å². The van der Waals surface area contributed by atoms with Gasteiger partial charge in [0.1, 0.15) is 15.0 Å². The van der Waals surface area contributed by atoms with Gasteiger partial charge in [-0.15, -0.1) is 68.0 Å². The molecule has 0 saturated heterocycles. The first-order valence-corrected chi connectivity index (χ1v) is 52.5. The highest BCUT2D eigenvalue weighted by Gasteiger charge is 2.24. The van der Waals surface area contributed by atoms with Crippen LogP contribution in [-0.2, 0) is 0 Å². The normalized spacial score (nSPS) is 11.5. The SMILES string of the molecule is c1ccc(-c2ccc(-c3cc(-c4cccc5sc6ccc(-c7nc8ccccc8s7)cc6c45)nc(-c4cccc(-c5ccccc5)c4)n3)cc2)cc1.c1ccc(-c2ccc(-c3cc(-c4cccc5sc6ccc(-c7nc8ccccc8s7)cc6c45)nc(-c4ccccc4)n3)cc2)cc1.c1ccc(-c2cccc(-c3cc(-c4cccc5sc6ccc(-c7nc8ccccc8s7)cc6c45)nc(-c4ccccc4)n3)c2)cc1. The van der Waals surface area contributed by atoms with Crippen molar-refractivity contribution < 1.29 is 0 Å². The molecule has 0 amide bonds. The Bertz CT molecular complexity index is 9610. The lowest BCUT2D eigenvalue weighted by Crippen LogP contribution is -1.96. The number of nitrogens with zero attached hydrogens (tertiary/aromatic N) is 9. The summed E-state index contributed by atoms with van der Waals surface area (Å²) in [7, 11) is 0. The van der Waals surface area contributed by atoms with Gasteiger partial charge in [0.05, 0.1) is 64.8 Å². The molecule has 0 fully saturated rings. The predicted molar refractivity (Wildman–Crippen MR) is 611 cm³/mol. The maximum Gasteiger partial charge on any atom is 0.160 e. The van der Waals surface area contributed by atoms with Crippen molar-refractivity contribution in [2.24, 2.45) is 0 Å². The van der Waals surface area contributed by atoms with Crippen LogP contribution in [0.5, 0.6) is 0 Å². The molecule has 0 spiro atoms. The second-order valence-electron chi connectivity index (χ2n) is 35.3. The Balaban J connectivity index is 0.000000110. The highest BCUT2D eigenvalue weighted by molar-refractivity contribution is 7.27. The Hall–Kier alpha value is -17.3. The summed E-state index contributed by atoms with van der Waals surface area (Å²) in [4.78, 5) is 46.1. The lowest BCUT2D eigenvalue weighted by molar-refractivity contribution is 1.18. The molecule has 28 aromatic rings. The Morgan fingerprint density at radius 3 is 0.701 bits per heavy atom. The van der Waals surface area contributed by atoms with Crippen molar-refractivity contribution in [2.45, 2.75) is 0 Å². The molecule has 0 unspecified atom stereocenters. The van der Waals surface area contributed by atoms with E-state index in [1.54, 1.807) is 34.0 Å². The average molecular weight is 1950 g/mol. The lowest BCUT2D eigenvalue weighted by Gasteiger charge is -2.12. The van der Waals surface area contributed by atoms with Gasteiger partial charge in [-0.2, -0.15) is 0 Å². The van der Waals surface area contributed by atoms with Crippen molar-refractivity contribution in [2.75, 3.05) is 0 Å². The molecular formula is C129H79N9S6. The summed E-state index contributed by atoms with van der Waals surface area (Å²) >= 11 is 10.7.